The fourth-order valence-electron chi connectivity index (χ4n) is 4.15. The van der Waals surface area contributed by atoms with Gasteiger partial charge in [0.2, 0.25) is 0 Å². The first kappa shape index (κ1) is 22.9. The van der Waals surface area contributed by atoms with Crippen LogP contribution >= 0.6 is 23.2 Å². The Labute approximate surface area is 201 Å². The molecular formula is C26H21Cl2NO4. The van der Waals surface area contributed by atoms with E-state index in [4.69, 9.17) is 27.9 Å². The molecule has 7 heteroatoms. The highest BCUT2D eigenvalue weighted by Gasteiger charge is 2.47. The van der Waals surface area contributed by atoms with E-state index >= 15 is 0 Å². The number of aliphatic hydroxyl groups excluding tert-OH is 1. The van der Waals surface area contributed by atoms with Gasteiger partial charge in [0.15, 0.2) is 0 Å². The minimum atomic E-state index is -0.868. The molecule has 1 N–H and O–H groups in total. The summed E-state index contributed by atoms with van der Waals surface area (Å²) in [5.74, 6) is -1.70. The maximum absolute atomic E-state index is 13.3. The highest BCUT2D eigenvalue weighted by Crippen LogP contribution is 2.45. The van der Waals surface area contributed by atoms with Crippen molar-refractivity contribution in [2.75, 3.05) is 12.0 Å². The molecule has 0 bridgehead atoms. The number of ketones is 1. The predicted octanol–water partition coefficient (Wildman–Crippen LogP) is 6.25. The van der Waals surface area contributed by atoms with Gasteiger partial charge in [-0.25, -0.2) is 0 Å². The van der Waals surface area contributed by atoms with E-state index in [0.717, 1.165) is 5.56 Å². The molecule has 1 atom stereocenters. The Balaban J connectivity index is 2.03. The third-order valence-electron chi connectivity index (χ3n) is 5.71. The molecule has 0 saturated carbocycles. The number of carbonyl (C=O) groups is 2. The van der Waals surface area contributed by atoms with Crippen molar-refractivity contribution in [2.24, 2.45) is 0 Å². The lowest BCUT2D eigenvalue weighted by Crippen LogP contribution is -2.30. The molecule has 0 aromatic heterocycles. The lowest BCUT2D eigenvalue weighted by molar-refractivity contribution is -0.132. The largest absolute Gasteiger partial charge is 0.507 e. The maximum atomic E-state index is 13.3. The molecule has 1 aliphatic rings. The Morgan fingerprint density at radius 1 is 0.970 bits per heavy atom. The van der Waals surface area contributed by atoms with Crippen LogP contribution in [-0.4, -0.2) is 23.9 Å². The van der Waals surface area contributed by atoms with Crippen molar-refractivity contribution in [2.45, 2.75) is 19.9 Å². The van der Waals surface area contributed by atoms with E-state index in [9.17, 15) is 14.7 Å². The van der Waals surface area contributed by atoms with Crippen LogP contribution in [0.5, 0.6) is 5.75 Å². The second-order valence-electron chi connectivity index (χ2n) is 7.79. The van der Waals surface area contributed by atoms with Crippen molar-refractivity contribution in [1.29, 1.82) is 0 Å². The van der Waals surface area contributed by atoms with E-state index in [1.807, 2.05) is 25.1 Å². The molecule has 1 saturated heterocycles. The Morgan fingerprint density at radius 3 is 2.33 bits per heavy atom. The average molecular weight is 482 g/mol. The van der Waals surface area contributed by atoms with E-state index in [-0.39, 0.29) is 27.7 Å². The van der Waals surface area contributed by atoms with Crippen LogP contribution in [0, 0.1) is 13.8 Å². The third-order valence-corrected chi connectivity index (χ3v) is 6.40. The summed E-state index contributed by atoms with van der Waals surface area (Å²) in [4.78, 5) is 28.0. The Bertz CT molecular complexity index is 1300. The first-order valence-corrected chi connectivity index (χ1v) is 11.0. The summed E-state index contributed by atoms with van der Waals surface area (Å²) in [6.45, 7) is 3.59. The summed E-state index contributed by atoms with van der Waals surface area (Å²) in [7, 11) is 1.43. The molecule has 5 nitrogen and oxygen atoms in total. The Morgan fingerprint density at radius 2 is 1.67 bits per heavy atom. The predicted molar refractivity (Wildman–Crippen MR) is 130 cm³/mol. The summed E-state index contributed by atoms with van der Waals surface area (Å²) in [6, 6.07) is 16.7. The summed E-state index contributed by atoms with van der Waals surface area (Å²) >= 11 is 12.7. The number of anilines is 1. The summed E-state index contributed by atoms with van der Waals surface area (Å²) in [5, 5.41) is 12.2. The van der Waals surface area contributed by atoms with Crippen LogP contribution in [0.1, 0.15) is 28.3 Å². The minimum absolute atomic E-state index is 0.0504. The number of halogens is 2. The topological polar surface area (TPSA) is 66.8 Å². The first-order valence-electron chi connectivity index (χ1n) is 10.2. The number of Topliss-reactive ketones (excluding diaryl/α,β-unsaturated/α-hetero) is 1. The second kappa shape index (κ2) is 8.93. The lowest BCUT2D eigenvalue weighted by Gasteiger charge is -2.27. The Kier molecular flexibility index (Phi) is 6.19. The zero-order valence-electron chi connectivity index (χ0n) is 18.2. The monoisotopic (exact) mass is 481 g/mol. The summed E-state index contributed by atoms with van der Waals surface area (Å²) in [5.41, 5.74) is 2.76. The molecule has 1 fully saturated rings. The average Bonchev–Trinajstić information content (AvgIpc) is 3.06. The molecule has 3 aromatic rings. The van der Waals surface area contributed by atoms with E-state index < -0.39 is 17.7 Å². The number of hydrogen-bond donors (Lipinski definition) is 1. The van der Waals surface area contributed by atoms with Gasteiger partial charge in [0.05, 0.1) is 29.3 Å². The van der Waals surface area contributed by atoms with Crippen molar-refractivity contribution in [1.82, 2.24) is 0 Å². The highest BCUT2D eigenvalue weighted by atomic mass is 35.5. The van der Waals surface area contributed by atoms with Gasteiger partial charge < -0.3 is 9.84 Å². The molecule has 0 aliphatic carbocycles. The van der Waals surface area contributed by atoms with Gasteiger partial charge in [0.1, 0.15) is 11.5 Å². The van der Waals surface area contributed by atoms with Crippen LogP contribution in [0.15, 0.2) is 66.2 Å². The van der Waals surface area contributed by atoms with Crippen LogP contribution in [0.25, 0.3) is 5.76 Å². The number of amides is 1. The number of aliphatic hydroxyl groups is 1. The molecule has 168 valence electrons. The molecule has 1 heterocycles. The summed E-state index contributed by atoms with van der Waals surface area (Å²) in [6.07, 6.45) is 0. The number of hydrogen-bond acceptors (Lipinski definition) is 4. The van der Waals surface area contributed by atoms with Crippen LogP contribution in [0.4, 0.5) is 5.69 Å². The van der Waals surface area contributed by atoms with Gasteiger partial charge in [-0.2, -0.15) is 0 Å². The fourth-order valence-corrected chi connectivity index (χ4v) is 4.67. The molecule has 3 aromatic carbocycles. The van der Waals surface area contributed by atoms with E-state index in [0.29, 0.717) is 21.8 Å². The van der Waals surface area contributed by atoms with Gasteiger partial charge in [0, 0.05) is 10.7 Å². The van der Waals surface area contributed by atoms with Gasteiger partial charge in [-0.3, -0.25) is 14.5 Å². The van der Waals surface area contributed by atoms with Crippen molar-refractivity contribution in [3.8, 4) is 5.75 Å². The SMILES string of the molecule is COc1c(Cl)cc(C)cc1/C(O)=C1\C(=O)C(=O)N(c2cccc(Cl)c2C)C1c1ccccc1. The number of methoxy groups -OCH3 is 1. The second-order valence-corrected chi connectivity index (χ2v) is 8.61. The van der Waals surface area contributed by atoms with Crippen molar-refractivity contribution < 1.29 is 19.4 Å². The van der Waals surface area contributed by atoms with Crippen LogP contribution in [0.2, 0.25) is 10.0 Å². The fraction of sp³-hybridized carbons (Fsp3) is 0.154. The van der Waals surface area contributed by atoms with Crippen molar-refractivity contribution >= 4 is 46.3 Å². The van der Waals surface area contributed by atoms with Gasteiger partial charge in [-0.1, -0.05) is 59.6 Å². The van der Waals surface area contributed by atoms with Crippen molar-refractivity contribution in [3.05, 3.63) is 98.5 Å². The number of benzene rings is 3. The molecule has 1 amide bonds. The quantitative estimate of drug-likeness (QED) is 0.271. The number of aryl methyl sites for hydroxylation is 1. The summed E-state index contributed by atoms with van der Waals surface area (Å²) < 4.78 is 5.41. The van der Waals surface area contributed by atoms with E-state index in [2.05, 4.69) is 0 Å². The van der Waals surface area contributed by atoms with Gasteiger partial charge in [-0.15, -0.1) is 0 Å². The number of rotatable bonds is 4. The third kappa shape index (κ3) is 3.88. The smallest absolute Gasteiger partial charge is 0.300 e. The van der Waals surface area contributed by atoms with Crippen LogP contribution in [-0.2, 0) is 9.59 Å². The minimum Gasteiger partial charge on any atom is -0.507 e. The lowest BCUT2D eigenvalue weighted by atomic mass is 9.94. The number of ether oxygens (including phenoxy) is 1. The molecule has 0 spiro atoms. The van der Waals surface area contributed by atoms with E-state index in [1.54, 1.807) is 49.4 Å². The molecule has 0 radical (unpaired) electrons. The van der Waals surface area contributed by atoms with Crippen LogP contribution in [0.3, 0.4) is 0 Å². The zero-order valence-corrected chi connectivity index (χ0v) is 19.7. The molecule has 33 heavy (non-hydrogen) atoms. The Hall–Kier alpha value is -3.28. The number of carbonyl (C=O) groups excluding carboxylic acids is 2. The maximum Gasteiger partial charge on any atom is 0.300 e. The first-order chi connectivity index (χ1) is 15.8. The molecule has 1 aliphatic heterocycles. The molecule has 4 rings (SSSR count). The zero-order chi connectivity index (χ0) is 23.9. The van der Waals surface area contributed by atoms with Crippen LogP contribution < -0.4 is 9.64 Å². The van der Waals surface area contributed by atoms with Crippen molar-refractivity contribution in [3.63, 3.8) is 0 Å². The molecular weight excluding hydrogens is 461 g/mol. The van der Waals surface area contributed by atoms with Gasteiger partial charge in [0.25, 0.3) is 11.7 Å². The highest BCUT2D eigenvalue weighted by molar-refractivity contribution is 6.52. The van der Waals surface area contributed by atoms with Gasteiger partial charge >= 0.3 is 0 Å². The molecule has 1 unspecified atom stereocenters. The number of nitrogens with zero attached hydrogens (tertiary/aromatic N) is 1. The normalized spacial score (nSPS) is 17.5. The standard InChI is InChI=1S/C26H21Cl2NO4/c1-14-12-17(25(33-3)19(28)13-14)23(30)21-22(16-8-5-4-6-9-16)29(26(32)24(21)31)20-11-7-10-18(27)15(20)2/h4-13,22,30H,1-3H3/b23-21+. The van der Waals surface area contributed by atoms with Gasteiger partial charge in [-0.05, 0) is 54.8 Å². The van der Waals surface area contributed by atoms with E-state index in [1.165, 1.54) is 12.0 Å².